The van der Waals surface area contributed by atoms with Gasteiger partial charge in [0, 0.05) is 31.8 Å². The number of methoxy groups -OCH3 is 1. The Hall–Kier alpha value is -0.120. The Morgan fingerprint density at radius 3 is 2.53 bits per heavy atom. The van der Waals surface area contributed by atoms with E-state index in [9.17, 15) is 0 Å². The van der Waals surface area contributed by atoms with Crippen molar-refractivity contribution in [1.82, 2.24) is 10.2 Å². The van der Waals surface area contributed by atoms with Crippen molar-refractivity contribution in [3.63, 3.8) is 0 Å². The maximum absolute atomic E-state index is 5.40. The van der Waals surface area contributed by atoms with Crippen LogP contribution in [0.25, 0.3) is 0 Å². The van der Waals surface area contributed by atoms with Crippen molar-refractivity contribution in [2.45, 2.75) is 58.7 Å². The van der Waals surface area contributed by atoms with E-state index in [2.05, 4.69) is 37.9 Å². The highest BCUT2D eigenvalue weighted by Gasteiger charge is 2.32. The first kappa shape index (κ1) is 14.9. The molecule has 1 heterocycles. The Labute approximate surface area is 107 Å². The molecule has 0 aromatic carbocycles. The van der Waals surface area contributed by atoms with Gasteiger partial charge < -0.3 is 10.1 Å². The number of ether oxygens (including phenoxy) is 1. The average molecular weight is 242 g/mol. The second-order valence-electron chi connectivity index (χ2n) is 5.86. The summed E-state index contributed by atoms with van der Waals surface area (Å²) in [5.74, 6) is 0.746. The molecule has 17 heavy (non-hydrogen) atoms. The van der Waals surface area contributed by atoms with Gasteiger partial charge in [-0.15, -0.1) is 0 Å². The predicted octanol–water partition coefficient (Wildman–Crippen LogP) is 2.12. The molecule has 3 heteroatoms. The minimum absolute atomic E-state index is 0.525. The number of hydrogen-bond acceptors (Lipinski definition) is 3. The Bertz CT molecular complexity index is 206. The second kappa shape index (κ2) is 7.34. The van der Waals surface area contributed by atoms with Gasteiger partial charge in [-0.05, 0) is 25.3 Å². The molecule has 102 valence electrons. The van der Waals surface area contributed by atoms with Crippen LogP contribution < -0.4 is 5.32 Å². The van der Waals surface area contributed by atoms with Gasteiger partial charge in [0.1, 0.15) is 0 Å². The molecule has 0 aromatic rings. The first-order valence-electron chi connectivity index (χ1n) is 7.04. The fourth-order valence-corrected chi connectivity index (χ4v) is 2.82. The molecule has 0 aliphatic carbocycles. The van der Waals surface area contributed by atoms with Crippen molar-refractivity contribution in [3.05, 3.63) is 0 Å². The van der Waals surface area contributed by atoms with Crippen LogP contribution in [0.1, 0.15) is 40.5 Å². The van der Waals surface area contributed by atoms with Crippen LogP contribution in [0.3, 0.4) is 0 Å². The van der Waals surface area contributed by atoms with E-state index in [-0.39, 0.29) is 0 Å². The zero-order valence-electron chi connectivity index (χ0n) is 12.2. The fourth-order valence-electron chi connectivity index (χ4n) is 2.82. The Kier molecular flexibility index (Phi) is 6.45. The van der Waals surface area contributed by atoms with Gasteiger partial charge >= 0.3 is 0 Å². The van der Waals surface area contributed by atoms with Gasteiger partial charge in [-0.1, -0.05) is 27.7 Å². The highest BCUT2D eigenvalue weighted by molar-refractivity contribution is 4.87. The van der Waals surface area contributed by atoms with Crippen LogP contribution in [0.4, 0.5) is 0 Å². The first-order chi connectivity index (χ1) is 8.06. The molecule has 0 radical (unpaired) electrons. The molecule has 1 saturated heterocycles. The molecular formula is C14H30N2O. The molecule has 1 aliphatic heterocycles. The van der Waals surface area contributed by atoms with Crippen LogP contribution in [-0.2, 0) is 4.74 Å². The standard InChI is InChI=1S/C14H30N2O/c1-11(2)14-7-6-8-16(14)13(10-17-5)9-15-12(3)4/h11-15H,6-10H2,1-5H3. The molecule has 1 fully saturated rings. The zero-order valence-corrected chi connectivity index (χ0v) is 12.2. The molecule has 0 saturated carbocycles. The summed E-state index contributed by atoms with van der Waals surface area (Å²) < 4.78 is 5.40. The van der Waals surface area contributed by atoms with E-state index >= 15 is 0 Å². The monoisotopic (exact) mass is 242 g/mol. The maximum atomic E-state index is 5.40. The van der Waals surface area contributed by atoms with Crippen molar-refractivity contribution >= 4 is 0 Å². The highest BCUT2D eigenvalue weighted by Crippen LogP contribution is 2.25. The summed E-state index contributed by atoms with van der Waals surface area (Å²) in [5, 5.41) is 3.55. The fraction of sp³-hybridized carbons (Fsp3) is 1.00. The summed E-state index contributed by atoms with van der Waals surface area (Å²) in [7, 11) is 1.81. The lowest BCUT2D eigenvalue weighted by Crippen LogP contribution is -2.49. The van der Waals surface area contributed by atoms with E-state index in [1.807, 2.05) is 7.11 Å². The van der Waals surface area contributed by atoms with Crippen molar-refractivity contribution in [2.24, 2.45) is 5.92 Å². The largest absolute Gasteiger partial charge is 0.383 e. The van der Waals surface area contributed by atoms with Crippen LogP contribution in [0.2, 0.25) is 0 Å². The second-order valence-corrected chi connectivity index (χ2v) is 5.86. The zero-order chi connectivity index (χ0) is 12.8. The number of nitrogens with zero attached hydrogens (tertiary/aromatic N) is 1. The van der Waals surface area contributed by atoms with Gasteiger partial charge in [0.25, 0.3) is 0 Å². The third-order valence-electron chi connectivity index (χ3n) is 3.70. The van der Waals surface area contributed by atoms with Gasteiger partial charge in [0.05, 0.1) is 6.61 Å². The summed E-state index contributed by atoms with van der Waals surface area (Å²) in [6.07, 6.45) is 2.68. The van der Waals surface area contributed by atoms with Crippen LogP contribution in [0.5, 0.6) is 0 Å². The van der Waals surface area contributed by atoms with E-state index in [1.165, 1.54) is 19.4 Å². The van der Waals surface area contributed by atoms with Crippen molar-refractivity contribution < 1.29 is 4.74 Å². The third-order valence-corrected chi connectivity index (χ3v) is 3.70. The minimum atomic E-state index is 0.525. The number of nitrogens with one attached hydrogen (secondary N) is 1. The van der Waals surface area contributed by atoms with E-state index in [0.29, 0.717) is 12.1 Å². The molecule has 0 amide bonds. The topological polar surface area (TPSA) is 24.5 Å². The minimum Gasteiger partial charge on any atom is -0.383 e. The SMILES string of the molecule is COCC(CNC(C)C)N1CCCC1C(C)C. The summed E-state index contributed by atoms with van der Waals surface area (Å²) in [6.45, 7) is 12.2. The molecule has 1 rings (SSSR count). The van der Waals surface area contributed by atoms with Crippen LogP contribution >= 0.6 is 0 Å². The Balaban J connectivity index is 2.55. The van der Waals surface area contributed by atoms with Crippen LogP contribution in [0.15, 0.2) is 0 Å². The van der Waals surface area contributed by atoms with Gasteiger partial charge in [0.2, 0.25) is 0 Å². The number of rotatable bonds is 7. The van der Waals surface area contributed by atoms with Crippen molar-refractivity contribution in [2.75, 3.05) is 26.8 Å². The third kappa shape index (κ3) is 4.57. The van der Waals surface area contributed by atoms with Gasteiger partial charge in [-0.2, -0.15) is 0 Å². The molecule has 0 bridgehead atoms. The first-order valence-corrected chi connectivity index (χ1v) is 7.04. The lowest BCUT2D eigenvalue weighted by Gasteiger charge is -2.35. The summed E-state index contributed by atoms with van der Waals surface area (Å²) in [5.41, 5.74) is 0. The van der Waals surface area contributed by atoms with E-state index in [0.717, 1.165) is 25.1 Å². The molecule has 2 unspecified atom stereocenters. The van der Waals surface area contributed by atoms with E-state index in [4.69, 9.17) is 4.74 Å². The lowest BCUT2D eigenvalue weighted by atomic mass is 10.0. The summed E-state index contributed by atoms with van der Waals surface area (Å²) in [6, 6.07) is 1.82. The van der Waals surface area contributed by atoms with Crippen molar-refractivity contribution in [3.8, 4) is 0 Å². The average Bonchev–Trinajstić information content (AvgIpc) is 2.72. The van der Waals surface area contributed by atoms with Crippen molar-refractivity contribution in [1.29, 1.82) is 0 Å². The Morgan fingerprint density at radius 1 is 1.29 bits per heavy atom. The normalized spacial score (nSPS) is 23.8. The lowest BCUT2D eigenvalue weighted by molar-refractivity contribution is 0.0673. The van der Waals surface area contributed by atoms with Crippen LogP contribution in [-0.4, -0.2) is 49.8 Å². The highest BCUT2D eigenvalue weighted by atomic mass is 16.5. The smallest absolute Gasteiger partial charge is 0.0630 e. The van der Waals surface area contributed by atoms with E-state index < -0.39 is 0 Å². The maximum Gasteiger partial charge on any atom is 0.0630 e. The molecule has 1 aliphatic rings. The number of hydrogen-bond donors (Lipinski definition) is 1. The Morgan fingerprint density at radius 2 is 2.00 bits per heavy atom. The number of likely N-dealkylation sites (tertiary alicyclic amines) is 1. The van der Waals surface area contributed by atoms with Gasteiger partial charge in [-0.3, -0.25) is 4.90 Å². The molecule has 2 atom stereocenters. The molecular weight excluding hydrogens is 212 g/mol. The summed E-state index contributed by atoms with van der Waals surface area (Å²) in [4.78, 5) is 2.66. The predicted molar refractivity (Wildman–Crippen MR) is 73.4 cm³/mol. The molecule has 0 aromatic heterocycles. The van der Waals surface area contributed by atoms with E-state index in [1.54, 1.807) is 0 Å². The van der Waals surface area contributed by atoms with Gasteiger partial charge in [-0.25, -0.2) is 0 Å². The molecule has 3 nitrogen and oxygen atoms in total. The van der Waals surface area contributed by atoms with Crippen LogP contribution in [0, 0.1) is 5.92 Å². The summed E-state index contributed by atoms with van der Waals surface area (Å²) >= 11 is 0. The van der Waals surface area contributed by atoms with Gasteiger partial charge in [0.15, 0.2) is 0 Å². The quantitative estimate of drug-likeness (QED) is 0.740. The molecule has 0 spiro atoms. The molecule has 1 N–H and O–H groups in total.